The van der Waals surface area contributed by atoms with E-state index in [0.717, 1.165) is 26.1 Å². The average Bonchev–Trinajstić information content (AvgIpc) is 2.81. The number of nitrogens with zero attached hydrogens (tertiary/aromatic N) is 2. The highest BCUT2D eigenvalue weighted by Gasteiger charge is 2.25. The normalized spacial score (nSPS) is 24.1. The maximum Gasteiger partial charge on any atom is 0.0508 e. The van der Waals surface area contributed by atoms with Crippen LogP contribution < -0.4 is 5.32 Å². The van der Waals surface area contributed by atoms with E-state index in [1.807, 2.05) is 6.20 Å². The molecule has 96 valence electrons. The molecule has 2 atom stereocenters. The van der Waals surface area contributed by atoms with Gasteiger partial charge < -0.3 is 20.1 Å². The Bertz CT molecular complexity index is 320. The number of piperazine rings is 1. The van der Waals surface area contributed by atoms with Crippen molar-refractivity contribution in [3.63, 3.8) is 0 Å². The molecule has 4 nitrogen and oxygen atoms in total. The van der Waals surface area contributed by atoms with E-state index in [9.17, 15) is 0 Å². The Hall–Kier alpha value is -0.840. The van der Waals surface area contributed by atoms with Crippen LogP contribution in [0.3, 0.4) is 0 Å². The smallest absolute Gasteiger partial charge is 0.0508 e. The van der Waals surface area contributed by atoms with E-state index >= 15 is 0 Å². The Morgan fingerprint density at radius 1 is 1.53 bits per heavy atom. The molecule has 0 amide bonds. The van der Waals surface area contributed by atoms with Gasteiger partial charge in [-0.25, -0.2) is 0 Å². The second-order valence-corrected chi connectivity index (χ2v) is 5.18. The van der Waals surface area contributed by atoms with Gasteiger partial charge in [0.05, 0.1) is 6.04 Å². The van der Waals surface area contributed by atoms with E-state index in [4.69, 9.17) is 0 Å². The summed E-state index contributed by atoms with van der Waals surface area (Å²) >= 11 is 0. The molecule has 1 fully saturated rings. The van der Waals surface area contributed by atoms with Crippen molar-refractivity contribution in [1.29, 1.82) is 0 Å². The number of likely N-dealkylation sites (N-methyl/N-ethyl adjacent to an activating group) is 1. The second-order valence-electron chi connectivity index (χ2n) is 5.18. The summed E-state index contributed by atoms with van der Waals surface area (Å²) in [6, 6.07) is 5.35. The molecular formula is C13H24N4. The first-order valence-electron chi connectivity index (χ1n) is 6.39. The molecule has 1 aromatic rings. The number of hydrogen-bond acceptors (Lipinski definition) is 3. The van der Waals surface area contributed by atoms with Crippen LogP contribution >= 0.6 is 0 Å². The van der Waals surface area contributed by atoms with Crippen molar-refractivity contribution in [2.45, 2.75) is 18.5 Å². The van der Waals surface area contributed by atoms with Crippen LogP contribution in [0.1, 0.15) is 18.2 Å². The van der Waals surface area contributed by atoms with E-state index in [2.05, 4.69) is 53.4 Å². The summed E-state index contributed by atoms with van der Waals surface area (Å²) in [5.41, 5.74) is 1.31. The van der Waals surface area contributed by atoms with Crippen molar-refractivity contribution in [1.82, 2.24) is 20.1 Å². The van der Waals surface area contributed by atoms with Crippen molar-refractivity contribution in [3.05, 3.63) is 24.0 Å². The van der Waals surface area contributed by atoms with Gasteiger partial charge in [-0.1, -0.05) is 0 Å². The molecule has 1 saturated heterocycles. The van der Waals surface area contributed by atoms with Gasteiger partial charge in [-0.15, -0.1) is 0 Å². The van der Waals surface area contributed by atoms with Crippen LogP contribution in [0.5, 0.6) is 0 Å². The standard InChI is InChI=1S/C13H24N4/c1-16(2)13(12-5-4-6-15-12)9-11-10-14-7-8-17(11)3/h4-6,11,13-15H,7-10H2,1-3H3. The predicted molar refractivity (Wildman–Crippen MR) is 71.1 cm³/mol. The van der Waals surface area contributed by atoms with E-state index in [-0.39, 0.29) is 0 Å². The lowest BCUT2D eigenvalue weighted by atomic mass is 10.0. The summed E-state index contributed by atoms with van der Waals surface area (Å²) in [6.07, 6.45) is 3.17. The first kappa shape index (κ1) is 12.6. The van der Waals surface area contributed by atoms with E-state index in [0.29, 0.717) is 12.1 Å². The molecular weight excluding hydrogens is 212 g/mol. The lowest BCUT2D eigenvalue weighted by Gasteiger charge is -2.36. The Balaban J connectivity index is 2.02. The zero-order valence-electron chi connectivity index (χ0n) is 11.1. The van der Waals surface area contributed by atoms with Gasteiger partial charge in [0, 0.05) is 37.6 Å². The summed E-state index contributed by atoms with van der Waals surface area (Å²) in [4.78, 5) is 8.11. The molecule has 0 aliphatic carbocycles. The molecule has 17 heavy (non-hydrogen) atoms. The quantitative estimate of drug-likeness (QED) is 0.815. The van der Waals surface area contributed by atoms with Gasteiger partial charge >= 0.3 is 0 Å². The summed E-state index contributed by atoms with van der Waals surface area (Å²) in [5, 5.41) is 3.48. The third-order valence-electron chi connectivity index (χ3n) is 3.74. The molecule has 1 aliphatic heterocycles. The average molecular weight is 236 g/mol. The number of hydrogen-bond donors (Lipinski definition) is 2. The third-order valence-corrected chi connectivity index (χ3v) is 3.74. The van der Waals surface area contributed by atoms with Gasteiger partial charge in [0.1, 0.15) is 0 Å². The Morgan fingerprint density at radius 3 is 2.94 bits per heavy atom. The van der Waals surface area contributed by atoms with Gasteiger partial charge in [-0.05, 0) is 39.7 Å². The zero-order chi connectivity index (χ0) is 12.3. The molecule has 1 aliphatic rings. The van der Waals surface area contributed by atoms with Gasteiger partial charge in [-0.3, -0.25) is 0 Å². The van der Waals surface area contributed by atoms with Gasteiger partial charge in [0.25, 0.3) is 0 Å². The third kappa shape index (κ3) is 3.09. The Labute approximate surface area is 104 Å². The molecule has 2 unspecified atom stereocenters. The largest absolute Gasteiger partial charge is 0.364 e. The molecule has 0 radical (unpaired) electrons. The van der Waals surface area contributed by atoms with Crippen LogP contribution in [0.2, 0.25) is 0 Å². The minimum Gasteiger partial charge on any atom is -0.364 e. The van der Waals surface area contributed by atoms with Crippen LogP contribution in [-0.4, -0.2) is 61.6 Å². The van der Waals surface area contributed by atoms with Crippen molar-refractivity contribution in [2.75, 3.05) is 40.8 Å². The Morgan fingerprint density at radius 2 is 2.35 bits per heavy atom. The number of aromatic amines is 1. The highest BCUT2D eigenvalue weighted by Crippen LogP contribution is 2.24. The molecule has 2 heterocycles. The molecule has 4 heteroatoms. The van der Waals surface area contributed by atoms with Crippen LogP contribution in [0.25, 0.3) is 0 Å². The Kier molecular flexibility index (Phi) is 4.20. The lowest BCUT2D eigenvalue weighted by Crippen LogP contribution is -2.50. The topological polar surface area (TPSA) is 34.3 Å². The van der Waals surface area contributed by atoms with Crippen molar-refractivity contribution >= 4 is 0 Å². The highest BCUT2D eigenvalue weighted by atomic mass is 15.2. The fraction of sp³-hybridized carbons (Fsp3) is 0.692. The minimum atomic E-state index is 0.470. The fourth-order valence-electron chi connectivity index (χ4n) is 2.55. The zero-order valence-corrected chi connectivity index (χ0v) is 11.1. The van der Waals surface area contributed by atoms with Crippen LogP contribution in [0.15, 0.2) is 18.3 Å². The van der Waals surface area contributed by atoms with Crippen LogP contribution in [0, 0.1) is 0 Å². The molecule has 2 N–H and O–H groups in total. The molecule has 2 rings (SSSR count). The number of H-pyrrole nitrogens is 1. The summed E-state index contributed by atoms with van der Waals surface area (Å²) in [6.45, 7) is 3.36. The van der Waals surface area contributed by atoms with Gasteiger partial charge in [-0.2, -0.15) is 0 Å². The number of aromatic nitrogens is 1. The van der Waals surface area contributed by atoms with E-state index < -0.39 is 0 Å². The lowest BCUT2D eigenvalue weighted by molar-refractivity contribution is 0.148. The maximum absolute atomic E-state index is 3.48. The SMILES string of the molecule is CN(C)C(CC1CNCCN1C)c1ccc[nH]1. The maximum atomic E-state index is 3.48. The predicted octanol–water partition coefficient (Wildman–Crippen LogP) is 0.911. The summed E-state index contributed by atoms with van der Waals surface area (Å²) in [7, 11) is 6.54. The van der Waals surface area contributed by atoms with Crippen molar-refractivity contribution < 1.29 is 0 Å². The first-order chi connectivity index (χ1) is 8.18. The van der Waals surface area contributed by atoms with E-state index in [1.54, 1.807) is 0 Å². The summed E-state index contributed by atoms with van der Waals surface area (Å²) < 4.78 is 0. The van der Waals surface area contributed by atoms with Crippen LogP contribution in [0.4, 0.5) is 0 Å². The van der Waals surface area contributed by atoms with Gasteiger partial charge in [0.2, 0.25) is 0 Å². The molecule has 0 spiro atoms. The first-order valence-corrected chi connectivity index (χ1v) is 6.39. The number of nitrogens with one attached hydrogen (secondary N) is 2. The fourth-order valence-corrected chi connectivity index (χ4v) is 2.55. The molecule has 1 aromatic heterocycles. The van der Waals surface area contributed by atoms with Crippen molar-refractivity contribution in [3.8, 4) is 0 Å². The monoisotopic (exact) mass is 236 g/mol. The van der Waals surface area contributed by atoms with E-state index in [1.165, 1.54) is 5.69 Å². The molecule has 0 saturated carbocycles. The molecule has 0 aromatic carbocycles. The number of rotatable bonds is 4. The molecule has 0 bridgehead atoms. The van der Waals surface area contributed by atoms with Crippen molar-refractivity contribution in [2.24, 2.45) is 0 Å². The minimum absolute atomic E-state index is 0.470. The highest BCUT2D eigenvalue weighted by molar-refractivity contribution is 5.10. The van der Waals surface area contributed by atoms with Gasteiger partial charge in [0.15, 0.2) is 0 Å². The van der Waals surface area contributed by atoms with Crippen LogP contribution in [-0.2, 0) is 0 Å². The summed E-state index contributed by atoms with van der Waals surface area (Å²) in [5.74, 6) is 0. The second kappa shape index (κ2) is 5.67.